The largest absolute Gasteiger partial charge is 0.340 e. The Labute approximate surface area is 124 Å². The van der Waals surface area contributed by atoms with Gasteiger partial charge in [-0.25, -0.2) is 0 Å². The van der Waals surface area contributed by atoms with E-state index in [2.05, 4.69) is 25.3 Å². The van der Waals surface area contributed by atoms with Crippen molar-refractivity contribution in [3.8, 4) is 0 Å². The Kier molecular flexibility index (Phi) is 7.85. The van der Waals surface area contributed by atoms with Gasteiger partial charge in [0.15, 0.2) is 0 Å². The van der Waals surface area contributed by atoms with E-state index in [1.807, 2.05) is 11.0 Å². The molecule has 1 fully saturated rings. The van der Waals surface area contributed by atoms with E-state index in [4.69, 9.17) is 5.73 Å². The molecule has 20 heavy (non-hydrogen) atoms. The zero-order valence-electron chi connectivity index (χ0n) is 13.2. The van der Waals surface area contributed by atoms with Crippen LogP contribution in [0.1, 0.15) is 33.1 Å². The molecule has 1 amide bonds. The maximum Gasteiger partial charge on any atom is 0.222 e. The summed E-state index contributed by atoms with van der Waals surface area (Å²) in [5.41, 5.74) is 5.65. The van der Waals surface area contributed by atoms with E-state index in [0.29, 0.717) is 24.2 Å². The number of nitrogens with zero attached hydrogens (tertiary/aromatic N) is 2. The van der Waals surface area contributed by atoms with E-state index in [0.717, 1.165) is 52.1 Å². The van der Waals surface area contributed by atoms with Crippen molar-refractivity contribution in [2.75, 3.05) is 39.3 Å². The highest BCUT2D eigenvalue weighted by Gasteiger charge is 2.21. The number of nitrogens with two attached hydrogens (primary N) is 1. The fraction of sp³-hybridized carbons (Fsp3) is 0.812. The van der Waals surface area contributed by atoms with Crippen LogP contribution in [-0.2, 0) is 4.79 Å². The molecule has 1 unspecified atom stereocenters. The number of carbonyl (C=O) groups excluding carboxylic acids is 1. The molecule has 0 aromatic carbocycles. The molecule has 0 aliphatic carbocycles. The highest BCUT2D eigenvalue weighted by atomic mass is 16.2. The van der Waals surface area contributed by atoms with Crippen LogP contribution in [0.3, 0.4) is 0 Å². The number of rotatable bonds is 8. The van der Waals surface area contributed by atoms with Crippen LogP contribution in [0.5, 0.6) is 0 Å². The molecule has 1 aliphatic heterocycles. The minimum atomic E-state index is 0.311. The third-order valence-electron chi connectivity index (χ3n) is 4.32. The van der Waals surface area contributed by atoms with Gasteiger partial charge in [-0.3, -0.25) is 9.69 Å². The van der Waals surface area contributed by atoms with Crippen LogP contribution in [0.25, 0.3) is 0 Å². The fourth-order valence-electron chi connectivity index (χ4n) is 2.85. The van der Waals surface area contributed by atoms with Gasteiger partial charge in [0.25, 0.3) is 0 Å². The van der Waals surface area contributed by atoms with Gasteiger partial charge in [0.1, 0.15) is 0 Å². The van der Waals surface area contributed by atoms with Crippen molar-refractivity contribution in [1.29, 1.82) is 0 Å². The maximum atomic E-state index is 12.2. The Morgan fingerprint density at radius 1 is 1.25 bits per heavy atom. The molecule has 116 valence electrons. The second-order valence-electron chi connectivity index (χ2n) is 6.09. The topological polar surface area (TPSA) is 49.6 Å². The predicted octanol–water partition coefficient (Wildman–Crippen LogP) is 1.72. The highest BCUT2D eigenvalue weighted by molar-refractivity contribution is 5.76. The Balaban J connectivity index is 2.31. The lowest BCUT2D eigenvalue weighted by molar-refractivity contribution is -0.133. The summed E-state index contributed by atoms with van der Waals surface area (Å²) in [7, 11) is 0. The summed E-state index contributed by atoms with van der Waals surface area (Å²) in [6.07, 6.45) is 4.60. The van der Waals surface area contributed by atoms with Crippen molar-refractivity contribution in [1.82, 2.24) is 9.80 Å². The van der Waals surface area contributed by atoms with Gasteiger partial charge in [0.2, 0.25) is 5.91 Å². The van der Waals surface area contributed by atoms with E-state index in [1.54, 1.807) is 0 Å². The minimum absolute atomic E-state index is 0.311. The first-order valence-corrected chi connectivity index (χ1v) is 7.89. The summed E-state index contributed by atoms with van der Waals surface area (Å²) in [6.45, 7) is 13.5. The molecule has 1 atom stereocenters. The second-order valence-corrected chi connectivity index (χ2v) is 6.09. The summed E-state index contributed by atoms with van der Waals surface area (Å²) in [4.78, 5) is 16.6. The van der Waals surface area contributed by atoms with Gasteiger partial charge in [-0.1, -0.05) is 19.9 Å². The van der Waals surface area contributed by atoms with E-state index in [9.17, 15) is 4.79 Å². The summed E-state index contributed by atoms with van der Waals surface area (Å²) < 4.78 is 0. The van der Waals surface area contributed by atoms with Gasteiger partial charge in [0, 0.05) is 39.1 Å². The Morgan fingerprint density at radius 3 is 2.40 bits per heavy atom. The average molecular weight is 281 g/mol. The molecule has 0 spiro atoms. The average Bonchev–Trinajstić information content (AvgIpc) is 2.44. The van der Waals surface area contributed by atoms with Gasteiger partial charge in [0.05, 0.1) is 0 Å². The van der Waals surface area contributed by atoms with Crippen molar-refractivity contribution < 1.29 is 4.79 Å². The summed E-state index contributed by atoms with van der Waals surface area (Å²) in [5, 5.41) is 0. The lowest BCUT2D eigenvalue weighted by atomic mass is 9.88. The van der Waals surface area contributed by atoms with Crippen molar-refractivity contribution in [3.05, 3.63) is 12.7 Å². The molecule has 4 nitrogen and oxygen atoms in total. The molecule has 0 bridgehead atoms. The van der Waals surface area contributed by atoms with Crippen molar-refractivity contribution >= 4 is 5.91 Å². The molecule has 1 rings (SSSR count). The first kappa shape index (κ1) is 17.2. The maximum absolute atomic E-state index is 12.2. The smallest absolute Gasteiger partial charge is 0.222 e. The molecule has 1 heterocycles. The molecule has 0 radical (unpaired) electrons. The zero-order valence-corrected chi connectivity index (χ0v) is 13.2. The molecule has 1 aliphatic rings. The van der Waals surface area contributed by atoms with Crippen LogP contribution in [0.2, 0.25) is 0 Å². The normalized spacial score (nSPS) is 18.3. The van der Waals surface area contributed by atoms with E-state index in [1.165, 1.54) is 0 Å². The molecule has 0 saturated carbocycles. The Morgan fingerprint density at radius 2 is 1.90 bits per heavy atom. The highest BCUT2D eigenvalue weighted by Crippen LogP contribution is 2.21. The molecule has 4 heteroatoms. The van der Waals surface area contributed by atoms with E-state index < -0.39 is 0 Å². The van der Waals surface area contributed by atoms with Crippen LogP contribution < -0.4 is 5.73 Å². The van der Waals surface area contributed by atoms with Crippen LogP contribution in [-0.4, -0.2) is 55.0 Å². The van der Waals surface area contributed by atoms with Gasteiger partial charge in [-0.2, -0.15) is 0 Å². The van der Waals surface area contributed by atoms with Crippen LogP contribution in [0, 0.1) is 11.8 Å². The molecule has 2 N–H and O–H groups in total. The molecule has 0 aromatic rings. The first-order valence-electron chi connectivity index (χ1n) is 7.89. The predicted molar refractivity (Wildman–Crippen MR) is 84.5 cm³/mol. The van der Waals surface area contributed by atoms with Crippen molar-refractivity contribution in [3.63, 3.8) is 0 Å². The summed E-state index contributed by atoms with van der Waals surface area (Å²) in [6, 6.07) is 0. The monoisotopic (exact) mass is 281 g/mol. The number of hydrogen-bond acceptors (Lipinski definition) is 3. The summed E-state index contributed by atoms with van der Waals surface area (Å²) in [5.74, 6) is 1.49. The molecule has 0 aromatic heterocycles. The second kappa shape index (κ2) is 9.14. The van der Waals surface area contributed by atoms with Gasteiger partial charge < -0.3 is 10.6 Å². The van der Waals surface area contributed by atoms with Gasteiger partial charge >= 0.3 is 0 Å². The van der Waals surface area contributed by atoms with Crippen LogP contribution >= 0.6 is 0 Å². The fourth-order valence-corrected chi connectivity index (χ4v) is 2.85. The Bertz CT molecular complexity index is 296. The van der Waals surface area contributed by atoms with Gasteiger partial charge in [-0.05, 0) is 31.2 Å². The van der Waals surface area contributed by atoms with E-state index >= 15 is 0 Å². The molecular formula is C16H31N3O. The minimum Gasteiger partial charge on any atom is -0.340 e. The number of hydrogen-bond donors (Lipinski definition) is 1. The SMILES string of the molecule is C=CCN1CCN(C(=O)CCC(CCN)C(C)C)CC1. The quantitative estimate of drug-likeness (QED) is 0.689. The Hall–Kier alpha value is -0.870. The van der Waals surface area contributed by atoms with Crippen LogP contribution in [0.15, 0.2) is 12.7 Å². The number of amides is 1. The molecular weight excluding hydrogens is 250 g/mol. The first-order chi connectivity index (χ1) is 9.58. The summed E-state index contributed by atoms with van der Waals surface area (Å²) >= 11 is 0. The van der Waals surface area contributed by atoms with Crippen molar-refractivity contribution in [2.24, 2.45) is 17.6 Å². The lowest BCUT2D eigenvalue weighted by Gasteiger charge is -2.34. The van der Waals surface area contributed by atoms with Gasteiger partial charge in [-0.15, -0.1) is 6.58 Å². The molecule has 1 saturated heterocycles. The lowest BCUT2D eigenvalue weighted by Crippen LogP contribution is -2.48. The number of carbonyl (C=O) groups is 1. The standard InChI is InChI=1S/C16H31N3O/c1-4-9-18-10-12-19(13-11-18)16(20)6-5-15(7-8-17)14(2)3/h4,14-15H,1,5-13,17H2,2-3H3. The third-order valence-corrected chi connectivity index (χ3v) is 4.32. The zero-order chi connectivity index (χ0) is 15.0. The number of piperazine rings is 1. The van der Waals surface area contributed by atoms with E-state index in [-0.39, 0.29) is 0 Å². The van der Waals surface area contributed by atoms with Crippen LogP contribution in [0.4, 0.5) is 0 Å². The van der Waals surface area contributed by atoms with Crippen molar-refractivity contribution in [2.45, 2.75) is 33.1 Å². The third kappa shape index (κ3) is 5.63.